The number of carbonyl (C=O) groups excluding carboxylic acids is 1. The maximum Gasteiger partial charge on any atom is 0.226 e. The van der Waals surface area contributed by atoms with Gasteiger partial charge in [0.15, 0.2) is 0 Å². The van der Waals surface area contributed by atoms with E-state index in [1.54, 1.807) is 0 Å². The van der Waals surface area contributed by atoms with Gasteiger partial charge in [0.25, 0.3) is 0 Å². The highest BCUT2D eigenvalue weighted by molar-refractivity contribution is 5.83. The van der Waals surface area contributed by atoms with E-state index in [1.807, 2.05) is 0 Å². The van der Waals surface area contributed by atoms with E-state index in [9.17, 15) is 4.79 Å². The molecule has 5 fully saturated rings. The number of likely N-dealkylation sites (tertiary alicyclic amines) is 1. The van der Waals surface area contributed by atoms with Crippen LogP contribution in [-0.2, 0) is 9.53 Å². The molecule has 2 aliphatic carbocycles. The van der Waals surface area contributed by atoms with Crippen molar-refractivity contribution >= 4 is 5.91 Å². The number of carbonyl (C=O) groups is 1. The van der Waals surface area contributed by atoms with Crippen molar-refractivity contribution in [3.8, 4) is 0 Å². The molecule has 1 atom stereocenters. The third kappa shape index (κ3) is 3.98. The maximum absolute atomic E-state index is 13.1. The zero-order valence-electron chi connectivity index (χ0n) is 17.5. The van der Waals surface area contributed by atoms with Gasteiger partial charge in [-0.25, -0.2) is 0 Å². The molecular weight excluding hydrogens is 352 g/mol. The number of hydrogen-bond acceptors (Lipinski definition) is 5. The summed E-state index contributed by atoms with van der Waals surface area (Å²) in [7, 11) is 0. The molecule has 2 saturated carbocycles. The fourth-order valence-corrected chi connectivity index (χ4v) is 5.86. The standard InChI is InChI=1S/C22H38N4O2/c27-21(26-12-10-25(11-13-26)19-2-1-3-19)20-18-22(20)4-6-23(7-5-22)8-9-24-14-16-28-17-15-24/h19-20H,1-18H2. The van der Waals surface area contributed by atoms with Gasteiger partial charge in [0.2, 0.25) is 5.91 Å². The Morgan fingerprint density at radius 3 is 2.11 bits per heavy atom. The third-order valence-electron chi connectivity index (χ3n) is 8.39. The quantitative estimate of drug-likeness (QED) is 0.703. The first-order valence-electron chi connectivity index (χ1n) is 11.8. The molecule has 5 aliphatic rings. The van der Waals surface area contributed by atoms with Gasteiger partial charge >= 0.3 is 0 Å². The van der Waals surface area contributed by atoms with Crippen LogP contribution in [-0.4, -0.2) is 110 Å². The largest absolute Gasteiger partial charge is 0.379 e. The number of amides is 1. The van der Waals surface area contributed by atoms with Gasteiger partial charge in [0, 0.05) is 64.3 Å². The zero-order valence-corrected chi connectivity index (χ0v) is 17.5. The van der Waals surface area contributed by atoms with Crippen LogP contribution in [0.4, 0.5) is 0 Å². The number of rotatable bonds is 5. The molecule has 3 saturated heterocycles. The Kier molecular flexibility index (Phi) is 5.65. The molecular formula is C22H38N4O2. The van der Waals surface area contributed by atoms with Crippen molar-refractivity contribution in [3.63, 3.8) is 0 Å². The van der Waals surface area contributed by atoms with E-state index in [1.165, 1.54) is 58.3 Å². The van der Waals surface area contributed by atoms with E-state index in [0.717, 1.165) is 64.9 Å². The first kappa shape index (κ1) is 19.3. The lowest BCUT2D eigenvalue weighted by Gasteiger charge is -2.43. The Labute approximate surface area is 170 Å². The number of piperazine rings is 1. The Hall–Kier alpha value is -0.690. The maximum atomic E-state index is 13.1. The van der Waals surface area contributed by atoms with Crippen molar-refractivity contribution in [3.05, 3.63) is 0 Å². The second kappa shape index (κ2) is 8.21. The van der Waals surface area contributed by atoms with Gasteiger partial charge in [-0.05, 0) is 50.6 Å². The second-order valence-corrected chi connectivity index (χ2v) is 9.86. The molecule has 3 heterocycles. The van der Waals surface area contributed by atoms with Gasteiger partial charge in [-0.2, -0.15) is 0 Å². The van der Waals surface area contributed by atoms with Crippen LogP contribution in [0, 0.1) is 11.3 Å². The average Bonchev–Trinajstić information content (AvgIpc) is 3.40. The van der Waals surface area contributed by atoms with Gasteiger partial charge in [-0.1, -0.05) is 6.42 Å². The van der Waals surface area contributed by atoms with Crippen LogP contribution in [0.3, 0.4) is 0 Å². The van der Waals surface area contributed by atoms with Crippen molar-refractivity contribution in [1.82, 2.24) is 19.6 Å². The van der Waals surface area contributed by atoms with Gasteiger partial charge in [-0.15, -0.1) is 0 Å². The number of piperidine rings is 1. The fourth-order valence-electron chi connectivity index (χ4n) is 5.86. The van der Waals surface area contributed by atoms with Crippen LogP contribution in [0.15, 0.2) is 0 Å². The van der Waals surface area contributed by atoms with E-state index in [0.29, 0.717) is 17.2 Å². The van der Waals surface area contributed by atoms with Gasteiger partial charge < -0.3 is 14.5 Å². The van der Waals surface area contributed by atoms with Crippen molar-refractivity contribution in [1.29, 1.82) is 0 Å². The number of hydrogen-bond donors (Lipinski definition) is 0. The van der Waals surface area contributed by atoms with Gasteiger partial charge in [0.05, 0.1) is 13.2 Å². The fraction of sp³-hybridized carbons (Fsp3) is 0.955. The van der Waals surface area contributed by atoms with Crippen LogP contribution in [0.25, 0.3) is 0 Å². The molecule has 28 heavy (non-hydrogen) atoms. The minimum Gasteiger partial charge on any atom is -0.379 e. The number of ether oxygens (including phenoxy) is 1. The molecule has 1 unspecified atom stereocenters. The van der Waals surface area contributed by atoms with Crippen LogP contribution in [0.1, 0.15) is 38.5 Å². The summed E-state index contributed by atoms with van der Waals surface area (Å²) in [5.41, 5.74) is 0.359. The predicted molar refractivity (Wildman–Crippen MR) is 109 cm³/mol. The SMILES string of the molecule is O=C(C1CC12CCN(CCN1CCOCC1)CC2)N1CCN(C2CCC2)CC1. The Morgan fingerprint density at radius 2 is 1.50 bits per heavy atom. The first-order chi connectivity index (χ1) is 13.7. The molecule has 5 rings (SSSR count). The predicted octanol–water partition coefficient (Wildman–Crippen LogP) is 1.12. The summed E-state index contributed by atoms with van der Waals surface area (Å²) in [6, 6.07) is 0.825. The molecule has 0 bridgehead atoms. The summed E-state index contributed by atoms with van der Waals surface area (Å²) in [6.45, 7) is 12.8. The third-order valence-corrected chi connectivity index (χ3v) is 8.39. The lowest BCUT2D eigenvalue weighted by molar-refractivity contribution is -0.136. The van der Waals surface area contributed by atoms with Crippen molar-refractivity contribution in [2.75, 3.05) is 78.7 Å². The molecule has 0 aromatic rings. The molecule has 158 valence electrons. The molecule has 6 heteroatoms. The highest BCUT2D eigenvalue weighted by Gasteiger charge is 2.59. The molecule has 0 aromatic carbocycles. The summed E-state index contributed by atoms with van der Waals surface area (Å²) in [4.78, 5) is 23.1. The molecule has 0 aromatic heterocycles. The Balaban J connectivity index is 1.03. The van der Waals surface area contributed by atoms with Crippen LogP contribution < -0.4 is 0 Å². The molecule has 3 aliphatic heterocycles. The molecule has 6 nitrogen and oxygen atoms in total. The summed E-state index contributed by atoms with van der Waals surface area (Å²) < 4.78 is 5.44. The highest BCUT2D eigenvalue weighted by Crippen LogP contribution is 2.60. The van der Waals surface area contributed by atoms with Crippen LogP contribution in [0.2, 0.25) is 0 Å². The minimum atomic E-state index is 0.337. The molecule has 1 spiro atoms. The Morgan fingerprint density at radius 1 is 0.857 bits per heavy atom. The smallest absolute Gasteiger partial charge is 0.226 e. The normalized spacial score (nSPS) is 32.4. The number of nitrogens with zero attached hydrogens (tertiary/aromatic N) is 4. The zero-order chi connectivity index (χ0) is 19.0. The van der Waals surface area contributed by atoms with E-state index in [4.69, 9.17) is 4.74 Å². The second-order valence-electron chi connectivity index (χ2n) is 9.86. The molecule has 0 radical (unpaired) electrons. The topological polar surface area (TPSA) is 39.3 Å². The van der Waals surface area contributed by atoms with Crippen molar-refractivity contribution < 1.29 is 9.53 Å². The lowest BCUT2D eigenvalue weighted by Crippen LogP contribution is -2.54. The van der Waals surface area contributed by atoms with Crippen LogP contribution in [0.5, 0.6) is 0 Å². The summed E-state index contributed by atoms with van der Waals surface area (Å²) in [5, 5.41) is 0. The average molecular weight is 391 g/mol. The van der Waals surface area contributed by atoms with Gasteiger partial charge in [-0.3, -0.25) is 14.6 Å². The summed E-state index contributed by atoms with van der Waals surface area (Å²) in [5.74, 6) is 0.819. The van der Waals surface area contributed by atoms with E-state index in [-0.39, 0.29) is 0 Å². The van der Waals surface area contributed by atoms with Crippen LogP contribution >= 0.6 is 0 Å². The van der Waals surface area contributed by atoms with Crippen molar-refractivity contribution in [2.45, 2.75) is 44.6 Å². The highest BCUT2D eigenvalue weighted by atomic mass is 16.5. The number of morpholine rings is 1. The van der Waals surface area contributed by atoms with E-state index >= 15 is 0 Å². The van der Waals surface area contributed by atoms with E-state index in [2.05, 4.69) is 19.6 Å². The summed E-state index contributed by atoms with van der Waals surface area (Å²) in [6.07, 6.45) is 7.77. The Bertz CT molecular complexity index is 545. The molecule has 0 N–H and O–H groups in total. The molecule has 1 amide bonds. The minimum absolute atomic E-state index is 0.337. The van der Waals surface area contributed by atoms with E-state index < -0.39 is 0 Å². The van der Waals surface area contributed by atoms with Gasteiger partial charge in [0.1, 0.15) is 0 Å². The van der Waals surface area contributed by atoms with Crippen molar-refractivity contribution in [2.24, 2.45) is 11.3 Å². The lowest BCUT2D eigenvalue weighted by atomic mass is 9.90. The monoisotopic (exact) mass is 390 g/mol. The first-order valence-corrected chi connectivity index (χ1v) is 11.8. The summed E-state index contributed by atoms with van der Waals surface area (Å²) >= 11 is 0.